The third-order valence-electron chi connectivity index (χ3n) is 4.12. The van der Waals surface area contributed by atoms with Crippen LogP contribution < -0.4 is 15.0 Å². The normalized spacial score (nSPS) is 14.3. The Morgan fingerprint density at radius 3 is 2.30 bits per heavy atom. The van der Waals surface area contributed by atoms with Gasteiger partial charge in [0.05, 0.1) is 0 Å². The molecular formula is C19H17F3N2O3. The summed E-state index contributed by atoms with van der Waals surface area (Å²) in [5.41, 5.74) is 1.90. The molecule has 5 nitrogen and oxygen atoms in total. The number of nitrogens with zero attached hydrogens (tertiary/aromatic N) is 1. The van der Waals surface area contributed by atoms with Crippen LogP contribution in [0.3, 0.4) is 0 Å². The Kier molecular flexibility index (Phi) is 5.34. The van der Waals surface area contributed by atoms with Crippen molar-refractivity contribution in [1.82, 2.24) is 5.32 Å². The Morgan fingerprint density at radius 2 is 1.74 bits per heavy atom. The lowest BCUT2D eigenvalue weighted by atomic mass is 10.1. The van der Waals surface area contributed by atoms with Crippen molar-refractivity contribution >= 4 is 17.5 Å². The predicted octanol–water partition coefficient (Wildman–Crippen LogP) is 3.64. The predicted molar refractivity (Wildman–Crippen MR) is 92.3 cm³/mol. The van der Waals surface area contributed by atoms with E-state index in [1.165, 1.54) is 12.1 Å². The molecular weight excluding hydrogens is 361 g/mol. The van der Waals surface area contributed by atoms with Crippen LogP contribution in [0.4, 0.5) is 18.9 Å². The van der Waals surface area contributed by atoms with E-state index in [9.17, 15) is 22.8 Å². The average Bonchev–Trinajstić information content (AvgIpc) is 3.05. The maximum atomic E-state index is 12.1. The Balaban J connectivity index is 1.55. The number of carbonyl (C=O) groups excluding carboxylic acids is 2. The van der Waals surface area contributed by atoms with Gasteiger partial charge in [0.2, 0.25) is 5.91 Å². The molecule has 2 amide bonds. The molecule has 0 aromatic heterocycles. The van der Waals surface area contributed by atoms with Gasteiger partial charge in [-0.1, -0.05) is 12.1 Å². The Bertz CT molecular complexity index is 818. The summed E-state index contributed by atoms with van der Waals surface area (Å²) in [7, 11) is 0. The quantitative estimate of drug-likeness (QED) is 0.864. The van der Waals surface area contributed by atoms with Crippen LogP contribution in [0, 0.1) is 0 Å². The van der Waals surface area contributed by atoms with Gasteiger partial charge in [-0.15, -0.1) is 13.2 Å². The molecule has 1 aliphatic heterocycles. The first kappa shape index (κ1) is 18.8. The fourth-order valence-electron chi connectivity index (χ4n) is 2.81. The van der Waals surface area contributed by atoms with E-state index in [4.69, 9.17) is 0 Å². The summed E-state index contributed by atoms with van der Waals surface area (Å²) in [5.74, 6) is -0.688. The van der Waals surface area contributed by atoms with Crippen molar-refractivity contribution in [2.45, 2.75) is 25.7 Å². The standard InChI is InChI=1S/C19H17F3N2O3/c20-19(21,22)27-16-9-5-14(6-10-16)18(26)23-12-13-3-7-15(8-4-13)24-11-1-2-17(24)25/h3-10H,1-2,11-12H2,(H,23,26). The van der Waals surface area contributed by atoms with Crippen LogP contribution in [0.1, 0.15) is 28.8 Å². The second-order valence-electron chi connectivity index (χ2n) is 6.07. The van der Waals surface area contributed by atoms with E-state index >= 15 is 0 Å². The number of nitrogens with one attached hydrogen (secondary N) is 1. The lowest BCUT2D eigenvalue weighted by Gasteiger charge is -2.16. The third kappa shape index (κ3) is 4.99. The first-order chi connectivity index (χ1) is 12.8. The van der Waals surface area contributed by atoms with Gasteiger partial charge in [0, 0.05) is 30.8 Å². The van der Waals surface area contributed by atoms with Crippen molar-refractivity contribution in [1.29, 1.82) is 0 Å². The molecule has 0 aliphatic carbocycles. The summed E-state index contributed by atoms with van der Waals surface area (Å²) < 4.78 is 40.2. The fourth-order valence-corrected chi connectivity index (χ4v) is 2.81. The van der Waals surface area contributed by atoms with Gasteiger partial charge in [-0.25, -0.2) is 0 Å². The molecule has 0 radical (unpaired) electrons. The molecule has 0 saturated carbocycles. The molecule has 1 aliphatic rings. The van der Waals surface area contributed by atoms with Crippen LogP contribution in [0.5, 0.6) is 5.75 Å². The van der Waals surface area contributed by atoms with Gasteiger partial charge in [-0.05, 0) is 48.4 Å². The summed E-state index contributed by atoms with van der Waals surface area (Å²) in [4.78, 5) is 25.6. The number of ether oxygens (including phenoxy) is 1. The van der Waals surface area contributed by atoms with E-state index in [0.717, 1.165) is 29.8 Å². The minimum absolute atomic E-state index is 0.106. The number of benzene rings is 2. The van der Waals surface area contributed by atoms with Crippen molar-refractivity contribution in [3.05, 3.63) is 59.7 Å². The minimum Gasteiger partial charge on any atom is -0.406 e. The zero-order chi connectivity index (χ0) is 19.4. The number of halogens is 3. The second-order valence-corrected chi connectivity index (χ2v) is 6.07. The molecule has 0 atom stereocenters. The first-order valence-corrected chi connectivity index (χ1v) is 8.35. The SMILES string of the molecule is O=C(NCc1ccc(N2CCCC2=O)cc1)c1ccc(OC(F)(F)F)cc1. The monoisotopic (exact) mass is 378 g/mol. The van der Waals surface area contributed by atoms with Gasteiger partial charge >= 0.3 is 6.36 Å². The summed E-state index contributed by atoms with van der Waals surface area (Å²) in [6.45, 7) is 0.969. The molecule has 1 N–H and O–H groups in total. The van der Waals surface area contributed by atoms with Crippen LogP contribution in [0.25, 0.3) is 0 Å². The molecule has 2 aromatic carbocycles. The molecule has 8 heteroatoms. The van der Waals surface area contributed by atoms with Crippen LogP contribution in [-0.2, 0) is 11.3 Å². The van der Waals surface area contributed by atoms with Gasteiger partial charge in [-0.2, -0.15) is 0 Å². The Labute approximate surface area is 153 Å². The van der Waals surface area contributed by atoms with Gasteiger partial charge in [-0.3, -0.25) is 9.59 Å². The topological polar surface area (TPSA) is 58.6 Å². The van der Waals surface area contributed by atoms with E-state index < -0.39 is 12.3 Å². The highest BCUT2D eigenvalue weighted by Crippen LogP contribution is 2.23. The van der Waals surface area contributed by atoms with Crippen molar-refractivity contribution in [3.8, 4) is 5.75 Å². The Hall–Kier alpha value is -3.03. The highest BCUT2D eigenvalue weighted by atomic mass is 19.4. The van der Waals surface area contributed by atoms with Crippen LogP contribution in [0.15, 0.2) is 48.5 Å². The van der Waals surface area contributed by atoms with Crippen molar-refractivity contribution in [3.63, 3.8) is 0 Å². The maximum absolute atomic E-state index is 12.1. The number of carbonyl (C=O) groups is 2. The highest BCUT2D eigenvalue weighted by molar-refractivity contribution is 5.95. The van der Waals surface area contributed by atoms with E-state index in [1.54, 1.807) is 4.90 Å². The summed E-state index contributed by atoms with van der Waals surface area (Å²) in [6, 6.07) is 12.0. The highest BCUT2D eigenvalue weighted by Gasteiger charge is 2.31. The molecule has 1 heterocycles. The summed E-state index contributed by atoms with van der Waals surface area (Å²) >= 11 is 0. The van der Waals surface area contributed by atoms with Gasteiger partial charge in [0.15, 0.2) is 0 Å². The zero-order valence-corrected chi connectivity index (χ0v) is 14.3. The number of anilines is 1. The second kappa shape index (κ2) is 7.69. The van der Waals surface area contributed by atoms with Crippen molar-refractivity contribution < 1.29 is 27.5 Å². The third-order valence-corrected chi connectivity index (χ3v) is 4.12. The summed E-state index contributed by atoms with van der Waals surface area (Å²) in [5, 5.41) is 2.70. The first-order valence-electron chi connectivity index (χ1n) is 8.35. The van der Waals surface area contributed by atoms with Crippen molar-refractivity contribution in [2.75, 3.05) is 11.4 Å². The molecule has 0 unspecified atom stereocenters. The smallest absolute Gasteiger partial charge is 0.406 e. The average molecular weight is 378 g/mol. The Morgan fingerprint density at radius 1 is 1.07 bits per heavy atom. The van der Waals surface area contributed by atoms with Gasteiger partial charge in [0.25, 0.3) is 5.91 Å². The van der Waals surface area contributed by atoms with Crippen LogP contribution in [-0.4, -0.2) is 24.7 Å². The van der Waals surface area contributed by atoms with Gasteiger partial charge in [0.1, 0.15) is 5.75 Å². The zero-order valence-electron chi connectivity index (χ0n) is 14.3. The molecule has 0 spiro atoms. The van der Waals surface area contributed by atoms with E-state index in [0.29, 0.717) is 13.0 Å². The maximum Gasteiger partial charge on any atom is 0.573 e. The molecule has 2 aromatic rings. The lowest BCUT2D eigenvalue weighted by Crippen LogP contribution is -2.24. The van der Waals surface area contributed by atoms with Crippen LogP contribution >= 0.6 is 0 Å². The number of hydrogen-bond acceptors (Lipinski definition) is 3. The number of amides is 2. The van der Waals surface area contributed by atoms with Gasteiger partial charge < -0.3 is 15.0 Å². The number of hydrogen-bond donors (Lipinski definition) is 1. The van der Waals surface area contributed by atoms with Crippen molar-refractivity contribution in [2.24, 2.45) is 0 Å². The minimum atomic E-state index is -4.77. The number of rotatable bonds is 5. The molecule has 27 heavy (non-hydrogen) atoms. The van der Waals surface area contributed by atoms with E-state index in [-0.39, 0.29) is 23.8 Å². The van der Waals surface area contributed by atoms with E-state index in [1.807, 2.05) is 24.3 Å². The fraction of sp³-hybridized carbons (Fsp3) is 0.263. The molecule has 1 fully saturated rings. The molecule has 3 rings (SSSR count). The van der Waals surface area contributed by atoms with Crippen LogP contribution in [0.2, 0.25) is 0 Å². The largest absolute Gasteiger partial charge is 0.573 e. The number of alkyl halides is 3. The summed E-state index contributed by atoms with van der Waals surface area (Å²) in [6.07, 6.45) is -3.36. The lowest BCUT2D eigenvalue weighted by molar-refractivity contribution is -0.274. The van der Waals surface area contributed by atoms with E-state index in [2.05, 4.69) is 10.1 Å². The molecule has 0 bridgehead atoms. The molecule has 142 valence electrons. The molecule has 1 saturated heterocycles.